The summed E-state index contributed by atoms with van der Waals surface area (Å²) < 4.78 is 0. The van der Waals surface area contributed by atoms with Gasteiger partial charge in [0, 0.05) is 26.1 Å². The standard InChI is InChI=1S/C25H27N3O2/c1-17-21(15-16-22(26-17)25(30)28(3)4)24(29)27-18(2)23(19-11-7-5-8-12-19)20-13-9-6-10-14-20/h5-16,18,23H,1-4H3,(H,27,29). The highest BCUT2D eigenvalue weighted by Gasteiger charge is 2.24. The van der Waals surface area contributed by atoms with Crippen molar-refractivity contribution < 1.29 is 9.59 Å². The van der Waals surface area contributed by atoms with Crippen molar-refractivity contribution in [2.75, 3.05) is 14.1 Å². The Balaban J connectivity index is 1.85. The predicted octanol–water partition coefficient (Wildman–Crippen LogP) is 4.04. The van der Waals surface area contributed by atoms with Crippen LogP contribution >= 0.6 is 0 Å². The molecule has 0 radical (unpaired) electrons. The smallest absolute Gasteiger partial charge is 0.271 e. The van der Waals surface area contributed by atoms with E-state index < -0.39 is 0 Å². The second kappa shape index (κ2) is 9.35. The maximum atomic E-state index is 13.0. The zero-order chi connectivity index (χ0) is 21.7. The van der Waals surface area contributed by atoms with E-state index in [2.05, 4.69) is 34.6 Å². The number of aryl methyl sites for hydroxylation is 1. The van der Waals surface area contributed by atoms with Crippen molar-refractivity contribution in [1.82, 2.24) is 15.2 Å². The quantitative estimate of drug-likeness (QED) is 0.678. The van der Waals surface area contributed by atoms with E-state index in [1.807, 2.05) is 43.3 Å². The molecule has 1 heterocycles. The molecule has 5 heteroatoms. The number of carbonyl (C=O) groups is 2. The molecule has 0 fully saturated rings. The summed E-state index contributed by atoms with van der Waals surface area (Å²) in [4.78, 5) is 30.9. The fraction of sp³-hybridized carbons (Fsp3) is 0.240. The zero-order valence-electron chi connectivity index (χ0n) is 17.8. The van der Waals surface area contributed by atoms with Gasteiger partial charge in [0.05, 0.1) is 11.3 Å². The number of pyridine rings is 1. The summed E-state index contributed by atoms with van der Waals surface area (Å²) in [5.74, 6) is -0.376. The van der Waals surface area contributed by atoms with E-state index in [0.717, 1.165) is 11.1 Å². The summed E-state index contributed by atoms with van der Waals surface area (Å²) in [6, 6.07) is 23.4. The summed E-state index contributed by atoms with van der Waals surface area (Å²) in [6.45, 7) is 3.76. The first-order valence-electron chi connectivity index (χ1n) is 9.98. The summed E-state index contributed by atoms with van der Waals surface area (Å²) in [6.07, 6.45) is 0. The average molecular weight is 402 g/mol. The Labute approximate surface area is 177 Å². The molecule has 0 spiro atoms. The Morgan fingerprint density at radius 1 is 0.867 bits per heavy atom. The Morgan fingerprint density at radius 2 is 1.40 bits per heavy atom. The Bertz CT molecular complexity index is 978. The molecule has 1 atom stereocenters. The minimum Gasteiger partial charge on any atom is -0.349 e. The first-order chi connectivity index (χ1) is 14.4. The Kier molecular flexibility index (Phi) is 6.62. The highest BCUT2D eigenvalue weighted by atomic mass is 16.2. The molecule has 1 N–H and O–H groups in total. The molecule has 1 unspecified atom stereocenters. The van der Waals surface area contributed by atoms with Gasteiger partial charge in [-0.2, -0.15) is 0 Å². The molecule has 5 nitrogen and oxygen atoms in total. The first kappa shape index (κ1) is 21.2. The van der Waals surface area contributed by atoms with Crippen molar-refractivity contribution in [1.29, 1.82) is 0 Å². The van der Waals surface area contributed by atoms with E-state index in [1.165, 1.54) is 4.90 Å². The lowest BCUT2D eigenvalue weighted by Crippen LogP contribution is -2.38. The Morgan fingerprint density at radius 3 is 1.87 bits per heavy atom. The average Bonchev–Trinajstić information content (AvgIpc) is 2.74. The normalized spacial score (nSPS) is 11.8. The minimum atomic E-state index is -0.201. The van der Waals surface area contributed by atoms with E-state index >= 15 is 0 Å². The van der Waals surface area contributed by atoms with Gasteiger partial charge < -0.3 is 10.2 Å². The maximum Gasteiger partial charge on any atom is 0.271 e. The van der Waals surface area contributed by atoms with E-state index in [9.17, 15) is 9.59 Å². The van der Waals surface area contributed by atoms with Crippen LogP contribution in [0.4, 0.5) is 0 Å². The predicted molar refractivity (Wildman–Crippen MR) is 119 cm³/mol. The van der Waals surface area contributed by atoms with Crippen LogP contribution in [0.15, 0.2) is 72.8 Å². The highest BCUT2D eigenvalue weighted by Crippen LogP contribution is 2.28. The van der Waals surface area contributed by atoms with E-state index in [-0.39, 0.29) is 23.8 Å². The largest absolute Gasteiger partial charge is 0.349 e. The van der Waals surface area contributed by atoms with E-state index in [0.29, 0.717) is 17.0 Å². The number of carbonyl (C=O) groups excluding carboxylic acids is 2. The van der Waals surface area contributed by atoms with E-state index in [1.54, 1.807) is 33.2 Å². The van der Waals surface area contributed by atoms with Crippen LogP contribution in [0.3, 0.4) is 0 Å². The van der Waals surface area contributed by atoms with Gasteiger partial charge in [-0.1, -0.05) is 60.7 Å². The molecule has 2 aromatic carbocycles. The molecule has 30 heavy (non-hydrogen) atoms. The molecule has 0 saturated heterocycles. The van der Waals surface area contributed by atoms with Gasteiger partial charge in [-0.15, -0.1) is 0 Å². The second-order valence-electron chi connectivity index (χ2n) is 7.59. The number of nitrogens with one attached hydrogen (secondary N) is 1. The number of benzene rings is 2. The molecule has 2 amide bonds. The van der Waals surface area contributed by atoms with Crippen LogP contribution in [0.5, 0.6) is 0 Å². The lowest BCUT2D eigenvalue weighted by Gasteiger charge is -2.26. The maximum absolute atomic E-state index is 13.0. The van der Waals surface area contributed by atoms with Crippen LogP contribution in [-0.2, 0) is 0 Å². The van der Waals surface area contributed by atoms with Crippen LogP contribution in [0.25, 0.3) is 0 Å². The summed E-state index contributed by atoms with van der Waals surface area (Å²) in [5.41, 5.74) is 3.60. The van der Waals surface area contributed by atoms with Crippen LogP contribution in [0.1, 0.15) is 50.5 Å². The number of hydrogen-bond acceptors (Lipinski definition) is 3. The number of aromatic nitrogens is 1. The number of amides is 2. The third-order valence-electron chi connectivity index (χ3n) is 5.13. The van der Waals surface area contributed by atoms with Gasteiger partial charge in [0.2, 0.25) is 0 Å². The van der Waals surface area contributed by atoms with Gasteiger partial charge >= 0.3 is 0 Å². The fourth-order valence-corrected chi connectivity index (χ4v) is 3.61. The molecule has 0 saturated carbocycles. The molecule has 3 aromatic rings. The first-order valence-corrected chi connectivity index (χ1v) is 9.98. The molecular formula is C25H27N3O2. The number of nitrogens with zero attached hydrogens (tertiary/aromatic N) is 2. The molecule has 154 valence electrons. The number of rotatable bonds is 6. The van der Waals surface area contributed by atoms with E-state index in [4.69, 9.17) is 0 Å². The summed E-state index contributed by atoms with van der Waals surface area (Å²) in [7, 11) is 3.35. The summed E-state index contributed by atoms with van der Waals surface area (Å²) >= 11 is 0. The van der Waals surface area contributed by atoms with Crippen molar-refractivity contribution in [2.24, 2.45) is 0 Å². The minimum absolute atomic E-state index is 0.0132. The van der Waals surface area contributed by atoms with Gasteiger partial charge in [0.15, 0.2) is 0 Å². The Hall–Kier alpha value is -3.47. The molecule has 0 aliphatic heterocycles. The molecule has 0 bridgehead atoms. The molecular weight excluding hydrogens is 374 g/mol. The van der Waals surface area contributed by atoms with Gasteiger partial charge in [0.1, 0.15) is 5.69 Å². The molecule has 1 aromatic heterocycles. The molecule has 0 aliphatic rings. The van der Waals surface area contributed by atoms with Crippen molar-refractivity contribution >= 4 is 11.8 Å². The molecule has 3 rings (SSSR count). The lowest BCUT2D eigenvalue weighted by molar-refractivity contribution is 0.0820. The van der Waals surface area contributed by atoms with Gasteiger partial charge in [-0.25, -0.2) is 4.98 Å². The topological polar surface area (TPSA) is 62.3 Å². The van der Waals surface area contributed by atoms with Crippen molar-refractivity contribution in [3.05, 3.63) is 101 Å². The van der Waals surface area contributed by atoms with Crippen LogP contribution in [0, 0.1) is 6.92 Å². The molecule has 0 aliphatic carbocycles. The van der Waals surface area contributed by atoms with Gasteiger partial charge in [-0.3, -0.25) is 9.59 Å². The van der Waals surface area contributed by atoms with Crippen LogP contribution in [-0.4, -0.2) is 41.8 Å². The second-order valence-corrected chi connectivity index (χ2v) is 7.59. The summed E-state index contributed by atoms with van der Waals surface area (Å²) in [5, 5.41) is 3.13. The van der Waals surface area contributed by atoms with Crippen LogP contribution in [0.2, 0.25) is 0 Å². The van der Waals surface area contributed by atoms with Crippen molar-refractivity contribution in [3.63, 3.8) is 0 Å². The van der Waals surface area contributed by atoms with Crippen molar-refractivity contribution in [2.45, 2.75) is 25.8 Å². The van der Waals surface area contributed by atoms with Crippen LogP contribution < -0.4 is 5.32 Å². The number of hydrogen-bond donors (Lipinski definition) is 1. The van der Waals surface area contributed by atoms with Gasteiger partial charge in [-0.05, 0) is 37.1 Å². The lowest BCUT2D eigenvalue weighted by atomic mass is 9.85. The third kappa shape index (κ3) is 4.74. The SMILES string of the molecule is Cc1nc(C(=O)N(C)C)ccc1C(=O)NC(C)C(c1ccccc1)c1ccccc1. The fourth-order valence-electron chi connectivity index (χ4n) is 3.61. The van der Waals surface area contributed by atoms with Crippen molar-refractivity contribution in [3.8, 4) is 0 Å². The monoisotopic (exact) mass is 401 g/mol. The van der Waals surface area contributed by atoms with Gasteiger partial charge in [0.25, 0.3) is 11.8 Å². The zero-order valence-corrected chi connectivity index (χ0v) is 17.8. The highest BCUT2D eigenvalue weighted by molar-refractivity contribution is 5.97. The third-order valence-corrected chi connectivity index (χ3v) is 5.13.